The number of Topliss-reactive ketones (excluding diaryl/α,β-unsaturated/α-hetero) is 1. The van der Waals surface area contributed by atoms with Crippen molar-refractivity contribution in [1.29, 1.82) is 0 Å². The number of hydrogen-bond donors (Lipinski definition) is 1. The molecule has 0 atom stereocenters. The number of benzene rings is 2. The lowest BCUT2D eigenvalue weighted by Crippen LogP contribution is -2.29. The molecule has 0 aromatic heterocycles. The summed E-state index contributed by atoms with van der Waals surface area (Å²) < 4.78 is 11.1. The molecule has 0 heterocycles. The SMILES string of the molecule is CCOC(=O)C1CCC(Oc2ccc(C(=O)CCCNC(=O)c3ccc(C)cc3)c(Cl)c2)CC1. The predicted octanol–water partition coefficient (Wildman–Crippen LogP) is 5.54. The van der Waals surface area contributed by atoms with Crippen LogP contribution in [0, 0.1) is 12.8 Å². The zero-order chi connectivity index (χ0) is 24.5. The molecular weight excluding hydrogens is 454 g/mol. The van der Waals surface area contributed by atoms with E-state index in [-0.39, 0.29) is 36.1 Å². The molecule has 7 heteroatoms. The second kappa shape index (κ2) is 12.6. The zero-order valence-electron chi connectivity index (χ0n) is 19.8. The van der Waals surface area contributed by atoms with Gasteiger partial charge in [0.15, 0.2) is 5.78 Å². The van der Waals surface area contributed by atoms with Crippen LogP contribution in [0.1, 0.15) is 71.7 Å². The Balaban J connectivity index is 1.42. The minimum Gasteiger partial charge on any atom is -0.490 e. The molecule has 2 aromatic carbocycles. The van der Waals surface area contributed by atoms with Gasteiger partial charge in [-0.2, -0.15) is 0 Å². The van der Waals surface area contributed by atoms with E-state index >= 15 is 0 Å². The van der Waals surface area contributed by atoms with Crippen LogP contribution in [-0.4, -0.2) is 36.9 Å². The Kier molecular flexibility index (Phi) is 9.52. The summed E-state index contributed by atoms with van der Waals surface area (Å²) in [7, 11) is 0. The maximum absolute atomic E-state index is 12.6. The van der Waals surface area contributed by atoms with Crippen molar-refractivity contribution < 1.29 is 23.9 Å². The van der Waals surface area contributed by atoms with Crippen molar-refractivity contribution in [3.63, 3.8) is 0 Å². The van der Waals surface area contributed by atoms with Crippen LogP contribution < -0.4 is 10.1 Å². The van der Waals surface area contributed by atoms with E-state index in [0.717, 1.165) is 31.2 Å². The summed E-state index contributed by atoms with van der Waals surface area (Å²) in [5, 5.41) is 3.19. The first-order valence-electron chi connectivity index (χ1n) is 11.9. The Morgan fingerprint density at radius 1 is 1.03 bits per heavy atom. The number of ether oxygens (including phenoxy) is 2. The molecule has 2 aromatic rings. The highest BCUT2D eigenvalue weighted by atomic mass is 35.5. The lowest BCUT2D eigenvalue weighted by Gasteiger charge is -2.27. The van der Waals surface area contributed by atoms with Crippen LogP contribution in [0.25, 0.3) is 0 Å². The normalized spacial score (nSPS) is 17.6. The number of halogens is 1. The van der Waals surface area contributed by atoms with E-state index in [1.807, 2.05) is 26.0 Å². The average Bonchev–Trinajstić information content (AvgIpc) is 2.82. The number of carbonyl (C=O) groups is 3. The minimum atomic E-state index is -0.150. The number of amides is 1. The maximum atomic E-state index is 12.6. The van der Waals surface area contributed by atoms with E-state index in [1.165, 1.54) is 0 Å². The molecular formula is C27H32ClNO5. The average molecular weight is 486 g/mol. The molecule has 182 valence electrons. The first kappa shape index (κ1) is 25.8. The van der Waals surface area contributed by atoms with Gasteiger partial charge in [-0.3, -0.25) is 14.4 Å². The number of esters is 1. The van der Waals surface area contributed by atoms with Crippen LogP contribution in [0.5, 0.6) is 5.75 Å². The van der Waals surface area contributed by atoms with Crippen LogP contribution in [0.3, 0.4) is 0 Å². The second-order valence-electron chi connectivity index (χ2n) is 8.63. The summed E-state index contributed by atoms with van der Waals surface area (Å²) in [5.41, 5.74) is 2.15. The fourth-order valence-electron chi connectivity index (χ4n) is 4.06. The van der Waals surface area contributed by atoms with Crippen molar-refractivity contribution >= 4 is 29.3 Å². The molecule has 1 amide bonds. The number of nitrogens with one attached hydrogen (secondary N) is 1. The number of rotatable bonds is 10. The van der Waals surface area contributed by atoms with Gasteiger partial charge < -0.3 is 14.8 Å². The first-order valence-corrected chi connectivity index (χ1v) is 12.3. The second-order valence-corrected chi connectivity index (χ2v) is 9.04. The van der Waals surface area contributed by atoms with Gasteiger partial charge in [-0.15, -0.1) is 0 Å². The van der Waals surface area contributed by atoms with Crippen molar-refractivity contribution in [3.05, 3.63) is 64.2 Å². The van der Waals surface area contributed by atoms with Crippen molar-refractivity contribution in [2.24, 2.45) is 5.92 Å². The summed E-state index contributed by atoms with van der Waals surface area (Å²) in [6.45, 7) is 4.59. The molecule has 0 radical (unpaired) electrons. The zero-order valence-corrected chi connectivity index (χ0v) is 20.5. The first-order chi connectivity index (χ1) is 16.4. The largest absolute Gasteiger partial charge is 0.490 e. The monoisotopic (exact) mass is 485 g/mol. The van der Waals surface area contributed by atoms with E-state index in [0.29, 0.717) is 41.5 Å². The molecule has 0 bridgehead atoms. The predicted molar refractivity (Wildman–Crippen MR) is 132 cm³/mol. The van der Waals surface area contributed by atoms with Crippen molar-refractivity contribution in [1.82, 2.24) is 5.32 Å². The third-order valence-electron chi connectivity index (χ3n) is 6.02. The fraction of sp³-hybridized carbons (Fsp3) is 0.444. The van der Waals surface area contributed by atoms with Gasteiger partial charge in [0.25, 0.3) is 5.91 Å². The highest BCUT2D eigenvalue weighted by molar-refractivity contribution is 6.34. The fourth-order valence-corrected chi connectivity index (χ4v) is 4.33. The molecule has 0 spiro atoms. The van der Waals surface area contributed by atoms with Gasteiger partial charge in [0, 0.05) is 24.1 Å². The summed E-state index contributed by atoms with van der Waals surface area (Å²) in [6.07, 6.45) is 3.86. The van der Waals surface area contributed by atoms with Gasteiger partial charge in [0.2, 0.25) is 0 Å². The Morgan fingerprint density at radius 2 is 1.74 bits per heavy atom. The summed E-state index contributed by atoms with van der Waals surface area (Å²) >= 11 is 6.37. The quantitative estimate of drug-likeness (QED) is 0.271. The lowest BCUT2D eigenvalue weighted by molar-refractivity contribution is -0.149. The molecule has 0 unspecified atom stereocenters. The summed E-state index contributed by atoms with van der Waals surface area (Å²) in [5.74, 6) is 0.220. The van der Waals surface area contributed by atoms with Gasteiger partial charge >= 0.3 is 5.97 Å². The van der Waals surface area contributed by atoms with Crippen LogP contribution in [0.2, 0.25) is 5.02 Å². The Morgan fingerprint density at radius 3 is 2.38 bits per heavy atom. The molecule has 34 heavy (non-hydrogen) atoms. The third kappa shape index (κ3) is 7.32. The molecule has 0 aliphatic heterocycles. The number of ketones is 1. The highest BCUT2D eigenvalue weighted by Crippen LogP contribution is 2.30. The van der Waals surface area contributed by atoms with Crippen LogP contribution >= 0.6 is 11.6 Å². The molecule has 1 aliphatic rings. The highest BCUT2D eigenvalue weighted by Gasteiger charge is 2.28. The maximum Gasteiger partial charge on any atom is 0.308 e. The van der Waals surface area contributed by atoms with Gasteiger partial charge in [-0.1, -0.05) is 29.3 Å². The van der Waals surface area contributed by atoms with Gasteiger partial charge in [0.05, 0.1) is 23.7 Å². The molecule has 1 fully saturated rings. The van der Waals surface area contributed by atoms with Crippen LogP contribution in [0.15, 0.2) is 42.5 Å². The lowest BCUT2D eigenvalue weighted by atomic mass is 9.87. The van der Waals surface area contributed by atoms with E-state index in [2.05, 4.69) is 5.32 Å². The third-order valence-corrected chi connectivity index (χ3v) is 6.33. The Hall–Kier alpha value is -2.86. The number of carbonyl (C=O) groups excluding carboxylic acids is 3. The Bertz CT molecular complexity index is 997. The molecule has 0 saturated heterocycles. The smallest absolute Gasteiger partial charge is 0.308 e. The number of aryl methyl sites for hydroxylation is 1. The van der Waals surface area contributed by atoms with Crippen molar-refractivity contribution in [2.75, 3.05) is 13.2 Å². The molecule has 1 aliphatic carbocycles. The van der Waals surface area contributed by atoms with Gasteiger partial charge in [0.1, 0.15) is 5.75 Å². The van der Waals surface area contributed by atoms with E-state index < -0.39 is 0 Å². The van der Waals surface area contributed by atoms with Crippen LogP contribution in [0.4, 0.5) is 0 Å². The Labute approximate surface area is 206 Å². The summed E-state index contributed by atoms with van der Waals surface area (Å²) in [4.78, 5) is 36.6. The number of hydrogen-bond acceptors (Lipinski definition) is 5. The van der Waals surface area contributed by atoms with E-state index in [1.54, 1.807) is 30.3 Å². The topological polar surface area (TPSA) is 81.7 Å². The standard InChI is InChI=1S/C27H32ClNO5/c1-3-33-27(32)20-10-12-21(13-11-20)34-22-14-15-23(24(28)17-22)25(30)5-4-16-29-26(31)19-8-6-18(2)7-9-19/h6-9,14-15,17,20-21H,3-5,10-13,16H2,1-2H3,(H,29,31). The molecule has 3 rings (SSSR count). The molecule has 1 N–H and O–H groups in total. The van der Waals surface area contributed by atoms with Gasteiger partial charge in [-0.25, -0.2) is 0 Å². The van der Waals surface area contributed by atoms with Gasteiger partial charge in [-0.05, 0) is 76.3 Å². The molecule has 1 saturated carbocycles. The van der Waals surface area contributed by atoms with Crippen LogP contribution in [-0.2, 0) is 9.53 Å². The minimum absolute atomic E-state index is 0.0143. The molecule has 6 nitrogen and oxygen atoms in total. The van der Waals surface area contributed by atoms with Crippen molar-refractivity contribution in [2.45, 2.75) is 58.5 Å². The van der Waals surface area contributed by atoms with Crippen molar-refractivity contribution in [3.8, 4) is 5.75 Å². The van der Waals surface area contributed by atoms with E-state index in [9.17, 15) is 14.4 Å². The van der Waals surface area contributed by atoms with E-state index in [4.69, 9.17) is 21.1 Å². The summed E-state index contributed by atoms with van der Waals surface area (Å²) in [6, 6.07) is 12.5.